The van der Waals surface area contributed by atoms with Gasteiger partial charge in [-0.25, -0.2) is 4.85 Å². The van der Waals surface area contributed by atoms with Crippen molar-refractivity contribution in [3.8, 4) is 5.75 Å². The molecule has 2 fully saturated rings. The Labute approximate surface area is 182 Å². The first-order chi connectivity index (χ1) is 14.9. The van der Waals surface area contributed by atoms with Gasteiger partial charge in [-0.2, -0.15) is 0 Å². The number of piperidine rings is 1. The summed E-state index contributed by atoms with van der Waals surface area (Å²) in [5.41, 5.74) is 3.14. The second kappa shape index (κ2) is 5.50. The van der Waals surface area contributed by atoms with Crippen molar-refractivity contribution < 1.29 is 14.9 Å². The van der Waals surface area contributed by atoms with Crippen molar-refractivity contribution in [1.82, 2.24) is 4.90 Å². The molecule has 1 saturated heterocycles. The molecule has 3 aliphatic carbocycles. The molecular formula is C26H26N2O3. The Balaban J connectivity index is 1.48. The molecule has 2 heterocycles. The smallest absolute Gasteiger partial charge is 0.228 e. The van der Waals surface area contributed by atoms with Crippen LogP contribution in [-0.2, 0) is 24.7 Å². The predicted octanol–water partition coefficient (Wildman–Crippen LogP) is 2.78. The summed E-state index contributed by atoms with van der Waals surface area (Å²) in [4.78, 5) is 6.03. The van der Waals surface area contributed by atoms with Crippen molar-refractivity contribution in [3.05, 3.63) is 70.1 Å². The van der Waals surface area contributed by atoms with Crippen molar-refractivity contribution in [2.24, 2.45) is 5.41 Å². The number of aliphatic hydroxyl groups excluding tert-OH is 1. The molecular weight excluding hydrogens is 388 g/mol. The number of likely N-dealkylation sites (tertiary alicyclic amines) is 1. The lowest BCUT2D eigenvalue weighted by atomic mass is 9.44. The molecule has 3 unspecified atom stereocenters. The van der Waals surface area contributed by atoms with Crippen LogP contribution in [0.5, 0.6) is 5.75 Å². The predicted molar refractivity (Wildman–Crippen MR) is 115 cm³/mol. The molecule has 2 N–H and O–H groups in total. The van der Waals surface area contributed by atoms with Crippen LogP contribution in [0.25, 0.3) is 4.85 Å². The quantitative estimate of drug-likeness (QED) is 0.651. The van der Waals surface area contributed by atoms with Gasteiger partial charge in [0.25, 0.3) is 0 Å². The third-order valence-corrected chi connectivity index (χ3v) is 9.39. The molecule has 2 aliphatic heterocycles. The molecule has 5 heteroatoms. The Morgan fingerprint density at radius 2 is 1.87 bits per heavy atom. The molecule has 5 aliphatic rings. The Kier molecular flexibility index (Phi) is 3.23. The van der Waals surface area contributed by atoms with Crippen LogP contribution in [0.3, 0.4) is 0 Å². The number of hydrogen-bond donors (Lipinski definition) is 2. The number of benzene rings is 2. The summed E-state index contributed by atoms with van der Waals surface area (Å²) in [6.07, 6.45) is 2.37. The van der Waals surface area contributed by atoms with E-state index in [-0.39, 0.29) is 6.04 Å². The highest BCUT2D eigenvalue weighted by Crippen LogP contribution is 2.69. The van der Waals surface area contributed by atoms with Gasteiger partial charge >= 0.3 is 0 Å². The molecule has 0 amide bonds. The highest BCUT2D eigenvalue weighted by Gasteiger charge is 2.76. The van der Waals surface area contributed by atoms with Crippen LogP contribution in [0, 0.1) is 12.0 Å². The highest BCUT2D eigenvalue weighted by atomic mass is 16.5. The van der Waals surface area contributed by atoms with Gasteiger partial charge in [-0.3, -0.25) is 0 Å². The minimum Gasteiger partial charge on any atom is -0.497 e. The lowest BCUT2D eigenvalue weighted by molar-refractivity contribution is -0.243. The maximum absolute atomic E-state index is 12.7. The van der Waals surface area contributed by atoms with Gasteiger partial charge in [0.1, 0.15) is 11.9 Å². The van der Waals surface area contributed by atoms with E-state index in [1.165, 1.54) is 16.7 Å². The summed E-state index contributed by atoms with van der Waals surface area (Å²) >= 11 is 0. The fourth-order valence-corrected chi connectivity index (χ4v) is 8.13. The monoisotopic (exact) mass is 414 g/mol. The molecule has 0 radical (unpaired) electrons. The van der Waals surface area contributed by atoms with E-state index >= 15 is 0 Å². The van der Waals surface area contributed by atoms with E-state index in [9.17, 15) is 10.2 Å². The molecule has 0 aromatic heterocycles. The van der Waals surface area contributed by atoms with Crippen LogP contribution >= 0.6 is 0 Å². The van der Waals surface area contributed by atoms with Gasteiger partial charge in [0.15, 0.2) is 0 Å². The largest absolute Gasteiger partial charge is 0.497 e. The average molecular weight is 415 g/mol. The SMILES string of the molecule is [C-]#[N+]c1ccc2c3c1OC1C(O)C4(Cc5ccccc5C4)CC4(O)[C@@H](C2)N(C)CC[C@]314. The lowest BCUT2D eigenvalue weighted by Crippen LogP contribution is -2.79. The van der Waals surface area contributed by atoms with Crippen LogP contribution in [0.15, 0.2) is 36.4 Å². The number of hydrogen-bond acceptors (Lipinski definition) is 4. The first kappa shape index (κ1) is 18.2. The zero-order valence-corrected chi connectivity index (χ0v) is 17.6. The van der Waals surface area contributed by atoms with Crippen LogP contribution in [-0.4, -0.2) is 52.6 Å². The molecule has 31 heavy (non-hydrogen) atoms. The Hall–Kier alpha value is -2.39. The molecule has 2 aromatic rings. The second-order valence-corrected chi connectivity index (χ2v) is 10.6. The normalized spacial score (nSPS) is 38.3. The number of aliphatic hydroxyl groups is 2. The van der Waals surface area contributed by atoms with Gasteiger partial charge in [-0.05, 0) is 68.0 Å². The fraction of sp³-hybridized carbons (Fsp3) is 0.500. The third kappa shape index (κ3) is 1.86. The number of likely N-dealkylation sites (N-methyl/N-ethyl adjacent to an activating group) is 1. The van der Waals surface area contributed by atoms with Crippen LogP contribution < -0.4 is 4.74 Å². The molecule has 2 bridgehead atoms. The van der Waals surface area contributed by atoms with E-state index in [4.69, 9.17) is 11.3 Å². The van der Waals surface area contributed by atoms with Gasteiger partial charge in [0.2, 0.25) is 5.69 Å². The maximum Gasteiger partial charge on any atom is 0.228 e. The highest BCUT2D eigenvalue weighted by molar-refractivity contribution is 5.70. The van der Waals surface area contributed by atoms with Crippen molar-refractivity contribution in [3.63, 3.8) is 0 Å². The van der Waals surface area contributed by atoms with E-state index < -0.39 is 28.6 Å². The third-order valence-electron chi connectivity index (χ3n) is 9.39. The Morgan fingerprint density at radius 1 is 1.13 bits per heavy atom. The van der Waals surface area contributed by atoms with Crippen LogP contribution in [0.1, 0.15) is 35.1 Å². The molecule has 7 rings (SSSR count). The fourth-order valence-electron chi connectivity index (χ4n) is 8.13. The first-order valence-electron chi connectivity index (χ1n) is 11.3. The Bertz CT molecular complexity index is 1160. The summed E-state index contributed by atoms with van der Waals surface area (Å²) in [6.45, 7) is 8.53. The number of ether oxygens (including phenoxy) is 1. The van der Waals surface area contributed by atoms with Crippen LogP contribution in [0.2, 0.25) is 0 Å². The van der Waals surface area contributed by atoms with E-state index in [0.29, 0.717) is 17.9 Å². The van der Waals surface area contributed by atoms with E-state index in [1.54, 1.807) is 0 Å². The summed E-state index contributed by atoms with van der Waals surface area (Å²) in [6, 6.07) is 12.3. The Morgan fingerprint density at radius 3 is 2.58 bits per heavy atom. The summed E-state index contributed by atoms with van der Waals surface area (Å²) < 4.78 is 6.56. The second-order valence-electron chi connectivity index (χ2n) is 10.6. The van der Waals surface area contributed by atoms with Crippen LogP contribution in [0.4, 0.5) is 5.69 Å². The van der Waals surface area contributed by atoms with Gasteiger partial charge in [-0.15, -0.1) is 0 Å². The lowest BCUT2D eigenvalue weighted by Gasteiger charge is -2.66. The molecule has 5 atom stereocenters. The molecule has 2 spiro atoms. The summed E-state index contributed by atoms with van der Waals surface area (Å²) in [7, 11) is 2.11. The van der Waals surface area contributed by atoms with E-state index in [2.05, 4.69) is 41.1 Å². The van der Waals surface area contributed by atoms with Crippen molar-refractivity contribution in [1.29, 1.82) is 0 Å². The van der Waals surface area contributed by atoms with Gasteiger partial charge in [0, 0.05) is 11.5 Å². The molecule has 1 saturated carbocycles. The molecule has 5 nitrogen and oxygen atoms in total. The first-order valence-corrected chi connectivity index (χ1v) is 11.3. The van der Waals surface area contributed by atoms with E-state index in [1.807, 2.05) is 12.1 Å². The zero-order chi connectivity index (χ0) is 21.2. The summed E-state index contributed by atoms with van der Waals surface area (Å²) in [5.74, 6) is 0.616. The molecule has 158 valence electrons. The number of rotatable bonds is 0. The number of fused-ring (bicyclic) bond motifs is 1. The minimum atomic E-state index is -0.995. The maximum atomic E-state index is 12.7. The molecule has 2 aromatic carbocycles. The minimum absolute atomic E-state index is 0.0160. The van der Waals surface area contributed by atoms with Crippen molar-refractivity contribution in [2.45, 2.75) is 61.4 Å². The zero-order valence-electron chi connectivity index (χ0n) is 17.6. The van der Waals surface area contributed by atoms with Gasteiger partial charge in [-0.1, -0.05) is 36.4 Å². The van der Waals surface area contributed by atoms with E-state index in [0.717, 1.165) is 37.8 Å². The van der Waals surface area contributed by atoms with Gasteiger partial charge < -0.3 is 19.8 Å². The van der Waals surface area contributed by atoms with Crippen molar-refractivity contribution >= 4 is 5.69 Å². The number of nitrogens with zero attached hydrogens (tertiary/aromatic N) is 2. The van der Waals surface area contributed by atoms with Gasteiger partial charge in [0.05, 0.1) is 23.7 Å². The summed E-state index contributed by atoms with van der Waals surface area (Å²) in [5, 5.41) is 24.6. The average Bonchev–Trinajstić information content (AvgIpc) is 3.30. The van der Waals surface area contributed by atoms with Crippen molar-refractivity contribution in [2.75, 3.05) is 13.6 Å². The standard InChI is InChI=1S/C26H26N2O3/c1-27-18-8-7-15-11-19-26(30)14-24(12-16-5-3-4-6-17(16)13-24)22(29)23-25(26,9-10-28(19)2)20(15)21(18)31-23/h3-8,19,22-23,29-30H,9-14H2,2H3/t19-,22?,23?,25+,26?/m1/s1. The topological polar surface area (TPSA) is 57.3 Å².